The maximum absolute atomic E-state index is 12.2. The molecule has 1 saturated heterocycles. The fourth-order valence-electron chi connectivity index (χ4n) is 2.21. The monoisotopic (exact) mass is 273 g/mol. The number of nitriles is 1. The molecule has 5 nitrogen and oxygen atoms in total. The summed E-state index contributed by atoms with van der Waals surface area (Å²) >= 11 is 0. The molecule has 0 amide bonds. The first-order chi connectivity index (χ1) is 8.47. The lowest BCUT2D eigenvalue weighted by molar-refractivity contribution is 0.142. The molecule has 2 atom stereocenters. The van der Waals surface area contributed by atoms with Gasteiger partial charge in [-0.3, -0.25) is 4.90 Å². The fourth-order valence-corrected chi connectivity index (χ4v) is 3.79. The predicted molar refractivity (Wildman–Crippen MR) is 71.5 cm³/mol. The highest BCUT2D eigenvalue weighted by atomic mass is 32.2. The second-order valence-electron chi connectivity index (χ2n) is 4.76. The van der Waals surface area contributed by atoms with Crippen LogP contribution in [0.5, 0.6) is 0 Å². The van der Waals surface area contributed by atoms with E-state index in [0.29, 0.717) is 25.6 Å². The van der Waals surface area contributed by atoms with E-state index in [1.165, 1.54) is 4.31 Å². The molecular weight excluding hydrogens is 250 g/mol. The van der Waals surface area contributed by atoms with Gasteiger partial charge in [0.2, 0.25) is 10.0 Å². The van der Waals surface area contributed by atoms with Crippen LogP contribution in [0.3, 0.4) is 0 Å². The number of hydrogen-bond donors (Lipinski definition) is 0. The summed E-state index contributed by atoms with van der Waals surface area (Å²) in [6.45, 7) is 8.56. The maximum atomic E-state index is 12.2. The van der Waals surface area contributed by atoms with E-state index in [4.69, 9.17) is 5.26 Å². The number of nitrogens with zero attached hydrogens (tertiary/aromatic N) is 3. The second kappa shape index (κ2) is 6.50. The van der Waals surface area contributed by atoms with Crippen molar-refractivity contribution in [1.82, 2.24) is 9.21 Å². The lowest BCUT2D eigenvalue weighted by Gasteiger charge is -2.37. The van der Waals surface area contributed by atoms with Crippen LogP contribution in [0.2, 0.25) is 0 Å². The normalized spacial score (nSPS) is 22.3. The standard InChI is InChI=1S/C12H23N3O2S/c1-4-11(3)14-6-8-15(9-7-14)18(16,17)12(5-2)10-13/h11-12H,4-9H2,1-3H3. The van der Waals surface area contributed by atoms with Crippen LogP contribution in [0, 0.1) is 11.3 Å². The van der Waals surface area contributed by atoms with Gasteiger partial charge in [-0.25, -0.2) is 8.42 Å². The van der Waals surface area contributed by atoms with E-state index in [9.17, 15) is 8.42 Å². The van der Waals surface area contributed by atoms with Crippen molar-refractivity contribution >= 4 is 10.0 Å². The zero-order valence-corrected chi connectivity index (χ0v) is 12.3. The predicted octanol–water partition coefficient (Wildman–Crippen LogP) is 1.03. The van der Waals surface area contributed by atoms with Gasteiger partial charge in [-0.2, -0.15) is 9.57 Å². The van der Waals surface area contributed by atoms with Crippen molar-refractivity contribution in [2.75, 3.05) is 26.2 Å². The zero-order valence-electron chi connectivity index (χ0n) is 11.5. The Morgan fingerprint density at radius 3 is 2.11 bits per heavy atom. The van der Waals surface area contributed by atoms with Crippen molar-refractivity contribution in [2.45, 2.75) is 44.9 Å². The minimum Gasteiger partial charge on any atom is -0.298 e. The number of rotatable bonds is 5. The van der Waals surface area contributed by atoms with Gasteiger partial charge in [-0.05, 0) is 19.8 Å². The van der Waals surface area contributed by atoms with E-state index in [-0.39, 0.29) is 0 Å². The molecule has 1 aliphatic rings. The molecule has 0 aromatic heterocycles. The zero-order chi connectivity index (χ0) is 13.8. The van der Waals surface area contributed by atoms with E-state index >= 15 is 0 Å². The first kappa shape index (κ1) is 15.4. The Morgan fingerprint density at radius 2 is 1.72 bits per heavy atom. The van der Waals surface area contributed by atoms with Crippen LogP contribution in [0.25, 0.3) is 0 Å². The third-order valence-electron chi connectivity index (χ3n) is 3.72. The van der Waals surface area contributed by atoms with E-state index in [2.05, 4.69) is 18.7 Å². The lowest BCUT2D eigenvalue weighted by Crippen LogP contribution is -2.52. The minimum absolute atomic E-state index is 0.352. The van der Waals surface area contributed by atoms with Crippen LogP contribution in [0.4, 0.5) is 0 Å². The van der Waals surface area contributed by atoms with Gasteiger partial charge in [0.15, 0.2) is 5.25 Å². The van der Waals surface area contributed by atoms with Gasteiger partial charge in [0.25, 0.3) is 0 Å². The Hall–Kier alpha value is -0.640. The van der Waals surface area contributed by atoms with Gasteiger partial charge in [0.05, 0.1) is 6.07 Å². The summed E-state index contributed by atoms with van der Waals surface area (Å²) in [5, 5.41) is 8.01. The molecule has 6 heteroatoms. The summed E-state index contributed by atoms with van der Waals surface area (Å²) in [5.41, 5.74) is 0. The molecule has 2 unspecified atom stereocenters. The summed E-state index contributed by atoms with van der Waals surface area (Å²) in [4.78, 5) is 2.30. The molecule has 1 aliphatic heterocycles. The first-order valence-electron chi connectivity index (χ1n) is 6.60. The molecule has 0 saturated carbocycles. The third-order valence-corrected chi connectivity index (χ3v) is 5.96. The van der Waals surface area contributed by atoms with E-state index in [1.54, 1.807) is 6.92 Å². The average Bonchev–Trinajstić information content (AvgIpc) is 2.39. The molecule has 0 aromatic carbocycles. The highest BCUT2D eigenvalue weighted by molar-refractivity contribution is 7.90. The van der Waals surface area contributed by atoms with Crippen molar-refractivity contribution in [3.63, 3.8) is 0 Å². The molecule has 18 heavy (non-hydrogen) atoms. The molecule has 0 spiro atoms. The van der Waals surface area contributed by atoms with Gasteiger partial charge >= 0.3 is 0 Å². The Bertz CT molecular complexity index is 394. The van der Waals surface area contributed by atoms with E-state index in [0.717, 1.165) is 19.5 Å². The van der Waals surface area contributed by atoms with Crippen molar-refractivity contribution in [2.24, 2.45) is 0 Å². The topological polar surface area (TPSA) is 64.4 Å². The van der Waals surface area contributed by atoms with Gasteiger partial charge in [0, 0.05) is 32.2 Å². The SMILES string of the molecule is CCC(C)N1CCN(S(=O)(=O)C(C#N)CC)CC1. The molecule has 0 radical (unpaired) electrons. The van der Waals surface area contributed by atoms with Crippen LogP contribution in [-0.2, 0) is 10.0 Å². The number of piperazine rings is 1. The Balaban J connectivity index is 2.66. The highest BCUT2D eigenvalue weighted by Gasteiger charge is 2.33. The maximum Gasteiger partial charge on any atom is 0.230 e. The minimum atomic E-state index is -3.43. The van der Waals surface area contributed by atoms with Crippen LogP contribution in [0.15, 0.2) is 0 Å². The number of sulfonamides is 1. The molecule has 104 valence electrons. The molecule has 1 fully saturated rings. The molecule has 1 heterocycles. The van der Waals surface area contributed by atoms with Crippen LogP contribution >= 0.6 is 0 Å². The second-order valence-corrected chi connectivity index (χ2v) is 6.88. The largest absolute Gasteiger partial charge is 0.298 e. The smallest absolute Gasteiger partial charge is 0.230 e. The van der Waals surface area contributed by atoms with Crippen molar-refractivity contribution in [1.29, 1.82) is 5.26 Å². The molecule has 0 aromatic rings. The average molecular weight is 273 g/mol. The highest BCUT2D eigenvalue weighted by Crippen LogP contribution is 2.16. The first-order valence-corrected chi connectivity index (χ1v) is 8.10. The van der Waals surface area contributed by atoms with Crippen LogP contribution < -0.4 is 0 Å². The summed E-state index contributed by atoms with van der Waals surface area (Å²) in [6.07, 6.45) is 1.42. The summed E-state index contributed by atoms with van der Waals surface area (Å²) in [6, 6.07) is 2.38. The fraction of sp³-hybridized carbons (Fsp3) is 0.917. The van der Waals surface area contributed by atoms with Crippen molar-refractivity contribution in [3.05, 3.63) is 0 Å². The Morgan fingerprint density at radius 1 is 1.17 bits per heavy atom. The quantitative estimate of drug-likeness (QED) is 0.750. The molecule has 1 rings (SSSR count). The molecule has 0 aliphatic carbocycles. The van der Waals surface area contributed by atoms with Crippen molar-refractivity contribution in [3.8, 4) is 6.07 Å². The Labute approximate surface area is 110 Å². The Kier molecular flexibility index (Phi) is 5.57. The van der Waals surface area contributed by atoms with Crippen LogP contribution in [0.1, 0.15) is 33.6 Å². The molecule has 0 bridgehead atoms. The third kappa shape index (κ3) is 3.22. The van der Waals surface area contributed by atoms with E-state index < -0.39 is 15.3 Å². The summed E-state index contributed by atoms with van der Waals surface area (Å²) < 4.78 is 25.8. The summed E-state index contributed by atoms with van der Waals surface area (Å²) in [5.74, 6) is 0. The van der Waals surface area contributed by atoms with Gasteiger partial charge in [-0.15, -0.1) is 0 Å². The number of hydrogen-bond acceptors (Lipinski definition) is 4. The molecule has 0 N–H and O–H groups in total. The van der Waals surface area contributed by atoms with Gasteiger partial charge in [0.1, 0.15) is 0 Å². The van der Waals surface area contributed by atoms with Gasteiger partial charge in [-0.1, -0.05) is 13.8 Å². The molecular formula is C12H23N3O2S. The van der Waals surface area contributed by atoms with Crippen molar-refractivity contribution < 1.29 is 8.42 Å². The lowest BCUT2D eigenvalue weighted by atomic mass is 10.2. The van der Waals surface area contributed by atoms with E-state index in [1.807, 2.05) is 6.07 Å². The van der Waals surface area contributed by atoms with Crippen LogP contribution in [-0.4, -0.2) is 55.1 Å². The summed E-state index contributed by atoms with van der Waals surface area (Å²) in [7, 11) is -3.43. The van der Waals surface area contributed by atoms with Gasteiger partial charge < -0.3 is 0 Å².